The minimum atomic E-state index is -1.75. The van der Waals surface area contributed by atoms with Crippen LogP contribution < -0.4 is 0 Å². The molecule has 0 radical (unpaired) electrons. The fourth-order valence-corrected chi connectivity index (χ4v) is 2.45. The van der Waals surface area contributed by atoms with Crippen LogP contribution in [0.2, 0.25) is 19.6 Å². The SMILES string of the molecule is C[Si](C)(C)O/N=C(/CCC(=O)c1ccccc1)c1ccccc1. The molecule has 3 nitrogen and oxygen atoms in total. The minimum absolute atomic E-state index is 0.127. The quantitative estimate of drug-likeness (QED) is 0.314. The van der Waals surface area contributed by atoms with Gasteiger partial charge in [-0.1, -0.05) is 60.7 Å². The first-order chi connectivity index (χ1) is 11.0. The summed E-state index contributed by atoms with van der Waals surface area (Å²) in [6, 6.07) is 19.3. The van der Waals surface area contributed by atoms with Gasteiger partial charge in [-0.2, -0.15) is 0 Å². The molecule has 0 aromatic heterocycles. The van der Waals surface area contributed by atoms with Crippen LogP contribution in [0.3, 0.4) is 0 Å². The molecule has 0 amide bonds. The average Bonchev–Trinajstić information content (AvgIpc) is 2.55. The maximum atomic E-state index is 12.3. The van der Waals surface area contributed by atoms with Gasteiger partial charge >= 0.3 is 0 Å². The van der Waals surface area contributed by atoms with E-state index in [1.165, 1.54) is 0 Å². The van der Waals surface area contributed by atoms with Crippen molar-refractivity contribution in [2.24, 2.45) is 5.16 Å². The molecule has 23 heavy (non-hydrogen) atoms. The third kappa shape index (κ3) is 5.83. The monoisotopic (exact) mass is 325 g/mol. The Labute approximate surface area is 139 Å². The van der Waals surface area contributed by atoms with E-state index in [9.17, 15) is 4.79 Å². The highest BCUT2D eigenvalue weighted by Gasteiger charge is 2.17. The summed E-state index contributed by atoms with van der Waals surface area (Å²) in [5, 5.41) is 4.36. The number of hydrogen-bond donors (Lipinski definition) is 0. The molecular weight excluding hydrogens is 302 g/mol. The zero-order valence-electron chi connectivity index (χ0n) is 14.0. The number of oxime groups is 1. The molecule has 120 valence electrons. The second kappa shape index (κ2) is 7.88. The minimum Gasteiger partial charge on any atom is -0.455 e. The molecule has 4 heteroatoms. The molecular formula is C19H23NO2Si. The fraction of sp³-hybridized carbons (Fsp3) is 0.263. The van der Waals surface area contributed by atoms with Crippen molar-refractivity contribution in [1.82, 2.24) is 0 Å². The molecule has 0 spiro atoms. The zero-order chi connectivity index (χ0) is 16.7. The Balaban J connectivity index is 2.11. The molecule has 0 heterocycles. The maximum absolute atomic E-state index is 12.3. The van der Waals surface area contributed by atoms with Crippen LogP contribution in [0.1, 0.15) is 28.8 Å². The number of rotatable bonds is 7. The van der Waals surface area contributed by atoms with E-state index in [1.807, 2.05) is 60.7 Å². The van der Waals surface area contributed by atoms with Crippen LogP contribution in [0.15, 0.2) is 65.8 Å². The summed E-state index contributed by atoms with van der Waals surface area (Å²) in [6.45, 7) is 6.27. The van der Waals surface area contributed by atoms with E-state index in [1.54, 1.807) is 0 Å². The number of hydrogen-bond acceptors (Lipinski definition) is 3. The lowest BCUT2D eigenvalue weighted by atomic mass is 10.0. The summed E-state index contributed by atoms with van der Waals surface area (Å²) in [6.07, 6.45) is 0.995. The standard InChI is InChI=1S/C19H23NO2Si/c1-23(2,3)22-20-18(16-10-6-4-7-11-16)14-15-19(21)17-12-8-5-9-13-17/h4-13H,14-15H2,1-3H3/b20-18-. The second-order valence-corrected chi connectivity index (χ2v) is 10.8. The molecule has 0 bridgehead atoms. The van der Waals surface area contributed by atoms with Crippen LogP contribution >= 0.6 is 0 Å². The molecule has 0 saturated heterocycles. The predicted molar refractivity (Wildman–Crippen MR) is 97.4 cm³/mol. The largest absolute Gasteiger partial charge is 0.455 e. The number of carbonyl (C=O) groups is 1. The first kappa shape index (κ1) is 17.2. The molecule has 0 fully saturated rings. The Morgan fingerprint density at radius 2 is 1.39 bits per heavy atom. The number of nitrogens with zero attached hydrogens (tertiary/aromatic N) is 1. The van der Waals surface area contributed by atoms with E-state index in [0.29, 0.717) is 12.8 Å². The van der Waals surface area contributed by atoms with Crippen molar-refractivity contribution in [3.63, 3.8) is 0 Å². The van der Waals surface area contributed by atoms with E-state index < -0.39 is 8.32 Å². The maximum Gasteiger partial charge on any atom is 0.278 e. The summed E-state index contributed by atoms with van der Waals surface area (Å²) in [5.41, 5.74) is 2.58. The zero-order valence-corrected chi connectivity index (χ0v) is 15.0. The van der Waals surface area contributed by atoms with Gasteiger partial charge in [-0.05, 0) is 25.2 Å². The van der Waals surface area contributed by atoms with Crippen LogP contribution in [0.25, 0.3) is 0 Å². The van der Waals surface area contributed by atoms with Gasteiger partial charge in [0.05, 0.1) is 5.71 Å². The van der Waals surface area contributed by atoms with Crippen molar-refractivity contribution in [2.45, 2.75) is 32.5 Å². The lowest BCUT2D eigenvalue weighted by Crippen LogP contribution is -2.23. The average molecular weight is 325 g/mol. The van der Waals surface area contributed by atoms with E-state index in [2.05, 4.69) is 24.8 Å². The highest BCUT2D eigenvalue weighted by Crippen LogP contribution is 2.13. The molecule has 2 aromatic rings. The van der Waals surface area contributed by atoms with Gasteiger partial charge in [0.25, 0.3) is 8.32 Å². The van der Waals surface area contributed by atoms with Gasteiger partial charge in [-0.25, -0.2) is 0 Å². The van der Waals surface area contributed by atoms with Crippen molar-refractivity contribution in [3.8, 4) is 0 Å². The molecule has 0 aliphatic heterocycles. The van der Waals surface area contributed by atoms with Crippen molar-refractivity contribution in [1.29, 1.82) is 0 Å². The smallest absolute Gasteiger partial charge is 0.278 e. The molecule has 0 saturated carbocycles. The van der Waals surface area contributed by atoms with Crippen LogP contribution in [0, 0.1) is 0 Å². The highest BCUT2D eigenvalue weighted by molar-refractivity contribution is 6.69. The number of Topliss-reactive ketones (excluding diaryl/α,β-unsaturated/α-hetero) is 1. The third-order valence-electron chi connectivity index (χ3n) is 3.22. The predicted octanol–water partition coefficient (Wildman–Crippen LogP) is 4.91. The first-order valence-corrected chi connectivity index (χ1v) is 11.3. The Morgan fingerprint density at radius 3 is 1.91 bits per heavy atom. The van der Waals surface area contributed by atoms with Crippen molar-refractivity contribution in [3.05, 3.63) is 71.8 Å². The molecule has 2 aromatic carbocycles. The second-order valence-electron chi connectivity index (χ2n) is 6.40. The summed E-state index contributed by atoms with van der Waals surface area (Å²) >= 11 is 0. The molecule has 2 rings (SSSR count). The Kier molecular flexibility index (Phi) is 5.88. The van der Waals surface area contributed by atoms with Gasteiger partial charge in [0.2, 0.25) is 0 Å². The van der Waals surface area contributed by atoms with Crippen molar-refractivity contribution in [2.75, 3.05) is 0 Å². The van der Waals surface area contributed by atoms with Gasteiger partial charge < -0.3 is 4.53 Å². The number of carbonyl (C=O) groups excluding carboxylic acids is 1. The van der Waals surface area contributed by atoms with Crippen LogP contribution in [-0.4, -0.2) is 19.8 Å². The Morgan fingerprint density at radius 1 is 0.870 bits per heavy atom. The van der Waals surface area contributed by atoms with Gasteiger partial charge in [-0.15, -0.1) is 5.16 Å². The van der Waals surface area contributed by atoms with E-state index in [0.717, 1.165) is 16.8 Å². The van der Waals surface area contributed by atoms with Crippen LogP contribution in [-0.2, 0) is 4.53 Å². The normalized spacial score (nSPS) is 12.0. The van der Waals surface area contributed by atoms with Crippen molar-refractivity contribution >= 4 is 19.8 Å². The van der Waals surface area contributed by atoms with E-state index in [4.69, 9.17) is 4.53 Å². The van der Waals surface area contributed by atoms with Crippen LogP contribution in [0.5, 0.6) is 0 Å². The highest BCUT2D eigenvalue weighted by atomic mass is 28.4. The lowest BCUT2D eigenvalue weighted by Gasteiger charge is -2.15. The third-order valence-corrected chi connectivity index (χ3v) is 3.86. The van der Waals surface area contributed by atoms with Gasteiger partial charge in [-0.3, -0.25) is 4.79 Å². The Hall–Kier alpha value is -2.20. The van der Waals surface area contributed by atoms with Crippen LogP contribution in [0.4, 0.5) is 0 Å². The summed E-state index contributed by atoms with van der Waals surface area (Å²) < 4.78 is 5.70. The van der Waals surface area contributed by atoms with E-state index in [-0.39, 0.29) is 5.78 Å². The topological polar surface area (TPSA) is 38.7 Å². The summed E-state index contributed by atoms with van der Waals surface area (Å²) in [4.78, 5) is 12.3. The Bertz CT molecular complexity index is 661. The first-order valence-electron chi connectivity index (χ1n) is 7.84. The molecule has 0 unspecified atom stereocenters. The number of ketones is 1. The van der Waals surface area contributed by atoms with Gasteiger partial charge in [0.15, 0.2) is 5.78 Å². The molecule has 0 aliphatic rings. The number of benzene rings is 2. The lowest BCUT2D eigenvalue weighted by molar-refractivity contribution is 0.0985. The van der Waals surface area contributed by atoms with Gasteiger partial charge in [0, 0.05) is 18.4 Å². The molecule has 0 atom stereocenters. The summed E-state index contributed by atoms with van der Waals surface area (Å²) in [5.74, 6) is 0.127. The molecule has 0 N–H and O–H groups in total. The fourth-order valence-electron chi connectivity index (χ4n) is 2.07. The van der Waals surface area contributed by atoms with E-state index >= 15 is 0 Å². The molecule has 0 aliphatic carbocycles. The summed E-state index contributed by atoms with van der Waals surface area (Å²) in [7, 11) is -1.75. The van der Waals surface area contributed by atoms with Crippen molar-refractivity contribution < 1.29 is 9.32 Å². The van der Waals surface area contributed by atoms with Gasteiger partial charge in [0.1, 0.15) is 0 Å².